The molecule has 0 aromatic heterocycles. The fourth-order valence-electron chi connectivity index (χ4n) is 1.80. The minimum atomic E-state index is -0.741. The molecule has 2 rings (SSSR count). The summed E-state index contributed by atoms with van der Waals surface area (Å²) < 4.78 is 0. The molecule has 0 saturated carbocycles. The molecule has 0 fully saturated rings. The van der Waals surface area contributed by atoms with Crippen molar-refractivity contribution in [1.82, 2.24) is 0 Å². The Bertz CT molecular complexity index is 539. The van der Waals surface area contributed by atoms with Crippen LogP contribution in [0.3, 0.4) is 0 Å². The molecule has 0 aliphatic heterocycles. The fraction of sp³-hybridized carbons (Fsp3) is 0.143. The third-order valence-corrected chi connectivity index (χ3v) is 2.94. The first kappa shape index (κ1) is 12.0. The quantitative estimate of drug-likeness (QED) is 0.800. The molecule has 3 N–H and O–H groups in total. The van der Waals surface area contributed by atoms with Crippen LogP contribution in [0, 0.1) is 6.92 Å². The second-order valence-corrected chi connectivity index (χ2v) is 4.53. The van der Waals surface area contributed by atoms with E-state index in [-0.39, 0.29) is 0 Å². The zero-order chi connectivity index (χ0) is 12.4. The average Bonchev–Trinajstić information content (AvgIpc) is 2.28. The molecule has 1 atom stereocenters. The van der Waals surface area contributed by atoms with Crippen LogP contribution in [0.5, 0.6) is 0 Å². The Kier molecular flexibility index (Phi) is 3.36. The normalized spacial score (nSPS) is 12.4. The predicted octanol–water partition coefficient (Wildman–Crippen LogP) is 3.31. The van der Waals surface area contributed by atoms with E-state index in [1.54, 1.807) is 12.1 Å². The molecular weight excluding hydrogens is 234 g/mol. The van der Waals surface area contributed by atoms with Crippen LogP contribution in [0.25, 0.3) is 0 Å². The summed E-state index contributed by atoms with van der Waals surface area (Å²) >= 11 is 5.90. The van der Waals surface area contributed by atoms with Crippen LogP contribution in [0.2, 0.25) is 5.02 Å². The van der Waals surface area contributed by atoms with Crippen molar-refractivity contribution in [3.8, 4) is 0 Å². The molecule has 0 saturated heterocycles. The average molecular weight is 248 g/mol. The van der Waals surface area contributed by atoms with Crippen molar-refractivity contribution in [2.24, 2.45) is 0 Å². The summed E-state index contributed by atoms with van der Waals surface area (Å²) in [7, 11) is 0. The molecule has 2 aromatic rings. The van der Waals surface area contributed by atoms with E-state index in [1.807, 2.05) is 37.3 Å². The van der Waals surface area contributed by atoms with Gasteiger partial charge in [0.25, 0.3) is 0 Å². The molecule has 0 aliphatic carbocycles. The number of hydrogen-bond donors (Lipinski definition) is 2. The molecule has 3 heteroatoms. The molecular formula is C14H14ClNO. The molecule has 0 radical (unpaired) electrons. The first-order valence-corrected chi connectivity index (χ1v) is 5.75. The molecule has 17 heavy (non-hydrogen) atoms. The SMILES string of the molecule is Cc1ccc(C(O)c2cccc(Cl)c2)c(N)c1. The molecule has 1 unspecified atom stereocenters. The van der Waals surface area contributed by atoms with Crippen LogP contribution in [0.4, 0.5) is 5.69 Å². The van der Waals surface area contributed by atoms with Gasteiger partial charge in [0.05, 0.1) is 0 Å². The number of halogens is 1. The van der Waals surface area contributed by atoms with Crippen molar-refractivity contribution in [1.29, 1.82) is 0 Å². The molecule has 2 nitrogen and oxygen atoms in total. The highest BCUT2D eigenvalue weighted by Crippen LogP contribution is 2.28. The number of hydrogen-bond acceptors (Lipinski definition) is 2. The van der Waals surface area contributed by atoms with Crippen molar-refractivity contribution < 1.29 is 5.11 Å². The topological polar surface area (TPSA) is 46.2 Å². The van der Waals surface area contributed by atoms with Gasteiger partial charge >= 0.3 is 0 Å². The molecule has 2 aromatic carbocycles. The van der Waals surface area contributed by atoms with Gasteiger partial charge in [-0.2, -0.15) is 0 Å². The van der Waals surface area contributed by atoms with Gasteiger partial charge in [0.15, 0.2) is 0 Å². The molecule has 0 heterocycles. The first-order chi connectivity index (χ1) is 8.08. The van der Waals surface area contributed by atoms with Gasteiger partial charge in [-0.05, 0) is 36.2 Å². The van der Waals surface area contributed by atoms with Gasteiger partial charge in [-0.25, -0.2) is 0 Å². The number of benzene rings is 2. The minimum absolute atomic E-state index is 0.595. The fourth-order valence-corrected chi connectivity index (χ4v) is 2.00. The smallest absolute Gasteiger partial charge is 0.106 e. The Morgan fingerprint density at radius 1 is 1.18 bits per heavy atom. The van der Waals surface area contributed by atoms with E-state index < -0.39 is 6.10 Å². The van der Waals surface area contributed by atoms with Crippen LogP contribution < -0.4 is 5.73 Å². The van der Waals surface area contributed by atoms with Crippen molar-refractivity contribution in [3.05, 3.63) is 64.2 Å². The number of anilines is 1. The highest BCUT2D eigenvalue weighted by molar-refractivity contribution is 6.30. The molecule has 0 aliphatic rings. The van der Waals surface area contributed by atoms with Crippen LogP contribution in [0.15, 0.2) is 42.5 Å². The number of aryl methyl sites for hydroxylation is 1. The highest BCUT2D eigenvalue weighted by Gasteiger charge is 2.13. The number of nitrogens with two attached hydrogens (primary N) is 1. The van der Waals surface area contributed by atoms with Gasteiger partial charge < -0.3 is 10.8 Å². The largest absolute Gasteiger partial charge is 0.398 e. The lowest BCUT2D eigenvalue weighted by atomic mass is 9.99. The lowest BCUT2D eigenvalue weighted by Crippen LogP contribution is -2.04. The predicted molar refractivity (Wildman–Crippen MR) is 71.1 cm³/mol. The third-order valence-electron chi connectivity index (χ3n) is 2.70. The Balaban J connectivity index is 2.40. The first-order valence-electron chi connectivity index (χ1n) is 5.37. The van der Waals surface area contributed by atoms with Crippen LogP contribution in [-0.4, -0.2) is 5.11 Å². The van der Waals surface area contributed by atoms with Gasteiger partial charge in [-0.1, -0.05) is 35.9 Å². The third kappa shape index (κ3) is 2.60. The Morgan fingerprint density at radius 2 is 1.94 bits per heavy atom. The molecule has 0 bridgehead atoms. The Morgan fingerprint density at radius 3 is 2.59 bits per heavy atom. The van der Waals surface area contributed by atoms with Crippen molar-refractivity contribution in [3.63, 3.8) is 0 Å². The van der Waals surface area contributed by atoms with Crippen molar-refractivity contribution in [2.45, 2.75) is 13.0 Å². The summed E-state index contributed by atoms with van der Waals surface area (Å²) in [4.78, 5) is 0. The number of nitrogen functional groups attached to an aromatic ring is 1. The maximum absolute atomic E-state index is 10.2. The second-order valence-electron chi connectivity index (χ2n) is 4.09. The van der Waals surface area contributed by atoms with E-state index in [0.29, 0.717) is 16.3 Å². The number of aliphatic hydroxyl groups is 1. The van der Waals surface area contributed by atoms with Gasteiger partial charge in [0, 0.05) is 16.3 Å². The summed E-state index contributed by atoms with van der Waals surface area (Å²) in [5.74, 6) is 0. The van der Waals surface area contributed by atoms with E-state index >= 15 is 0 Å². The Hall–Kier alpha value is -1.51. The zero-order valence-corrected chi connectivity index (χ0v) is 10.3. The standard InChI is InChI=1S/C14H14ClNO/c1-9-5-6-12(13(16)7-9)14(17)10-3-2-4-11(15)8-10/h2-8,14,17H,16H2,1H3. The minimum Gasteiger partial charge on any atom is -0.398 e. The van der Waals surface area contributed by atoms with Gasteiger partial charge in [-0.15, -0.1) is 0 Å². The van der Waals surface area contributed by atoms with Gasteiger partial charge in [0.1, 0.15) is 6.10 Å². The van der Waals surface area contributed by atoms with E-state index in [1.165, 1.54) is 0 Å². The second kappa shape index (κ2) is 4.78. The Labute approximate surface area is 106 Å². The maximum Gasteiger partial charge on any atom is 0.106 e. The zero-order valence-electron chi connectivity index (χ0n) is 9.52. The monoisotopic (exact) mass is 247 g/mol. The summed E-state index contributed by atoms with van der Waals surface area (Å²) in [6.07, 6.45) is -0.741. The van der Waals surface area contributed by atoms with Crippen LogP contribution in [-0.2, 0) is 0 Å². The van der Waals surface area contributed by atoms with E-state index in [0.717, 1.165) is 11.1 Å². The summed E-state index contributed by atoms with van der Waals surface area (Å²) in [5.41, 5.74) is 9.02. The summed E-state index contributed by atoms with van der Waals surface area (Å²) in [6, 6.07) is 12.8. The maximum atomic E-state index is 10.2. The van der Waals surface area contributed by atoms with Crippen molar-refractivity contribution in [2.75, 3.05) is 5.73 Å². The van der Waals surface area contributed by atoms with Crippen molar-refractivity contribution >= 4 is 17.3 Å². The van der Waals surface area contributed by atoms with Gasteiger partial charge in [0.2, 0.25) is 0 Å². The molecule has 0 amide bonds. The molecule has 0 spiro atoms. The lowest BCUT2D eigenvalue weighted by molar-refractivity contribution is 0.221. The lowest BCUT2D eigenvalue weighted by Gasteiger charge is -2.14. The van der Waals surface area contributed by atoms with E-state index in [9.17, 15) is 5.11 Å². The summed E-state index contributed by atoms with van der Waals surface area (Å²) in [5, 5.41) is 10.9. The van der Waals surface area contributed by atoms with E-state index in [4.69, 9.17) is 17.3 Å². The number of rotatable bonds is 2. The van der Waals surface area contributed by atoms with Crippen LogP contribution in [0.1, 0.15) is 22.8 Å². The van der Waals surface area contributed by atoms with Crippen LogP contribution >= 0.6 is 11.6 Å². The van der Waals surface area contributed by atoms with Gasteiger partial charge in [-0.3, -0.25) is 0 Å². The molecule has 88 valence electrons. The number of aliphatic hydroxyl groups excluding tert-OH is 1. The van der Waals surface area contributed by atoms with E-state index in [2.05, 4.69) is 0 Å². The highest BCUT2D eigenvalue weighted by atomic mass is 35.5. The summed E-state index contributed by atoms with van der Waals surface area (Å²) in [6.45, 7) is 1.96.